The Kier molecular flexibility index (Phi) is 19.2. The third-order valence-electron chi connectivity index (χ3n) is 16.4. The van der Waals surface area contributed by atoms with Crippen LogP contribution in [-0.4, -0.2) is 108 Å². The fourth-order valence-corrected chi connectivity index (χ4v) is 13.1. The standard InChI is InChI=1S/C74H60Cl2F6N4O14/c1-33-15-34(2)20-43(19-33)97-53-27-47-57-48(68(90)85(67(47)89)51(31-73(77,78)79)71(93)95-13-11-83-65(87)41(9)75)29-55(99-45-23-37(5)17-38(6)24-45)61-62-56(100-46-25-39(7)18-40(8)26-46)30-50-58-49(28-54(60(64(58)62)59(53)63(57)61)98-44-21-35(3)16-36(4)22-44)69(91)86(70(50)92)52(32-74(80,81)82)72(94)96-14-12-84-66(88)42(10)76/h15-30,51-52H,9-14,31-32H2,1-8H3,(H,83,87)(H,84,88). The van der Waals surface area contributed by atoms with Crippen LogP contribution in [-0.2, 0) is 28.7 Å². The molecule has 0 aromatic heterocycles. The minimum absolute atomic E-state index is 0.0828. The Morgan fingerprint density at radius 2 is 0.620 bits per heavy atom. The number of carbonyl (C=O) groups is 8. The molecule has 11 rings (SSSR count). The monoisotopic (exact) mass is 1410 g/mol. The molecule has 9 aromatic rings. The topological polar surface area (TPSA) is 222 Å². The van der Waals surface area contributed by atoms with E-state index in [9.17, 15) is 19.2 Å². The van der Waals surface area contributed by atoms with Gasteiger partial charge in [-0.05, 0) is 173 Å². The number of halogens is 8. The van der Waals surface area contributed by atoms with Crippen LogP contribution in [0.25, 0.3) is 43.1 Å². The van der Waals surface area contributed by atoms with Crippen LogP contribution < -0.4 is 29.6 Å². The zero-order valence-electron chi connectivity index (χ0n) is 54.7. The normalized spacial score (nSPS) is 13.6. The molecular weight excluding hydrogens is 1350 g/mol. The molecule has 26 heteroatoms. The van der Waals surface area contributed by atoms with Crippen molar-refractivity contribution in [3.63, 3.8) is 0 Å². The summed E-state index contributed by atoms with van der Waals surface area (Å²) >= 11 is 11.4. The fraction of sp³-hybridized carbons (Fsp3) is 0.243. The highest BCUT2D eigenvalue weighted by Crippen LogP contribution is 2.58. The average Bonchev–Trinajstić information content (AvgIpc) is 0.671. The van der Waals surface area contributed by atoms with Gasteiger partial charge >= 0.3 is 24.3 Å². The molecule has 0 saturated carbocycles. The molecule has 100 heavy (non-hydrogen) atoms. The van der Waals surface area contributed by atoms with Gasteiger partial charge in [0, 0.05) is 43.1 Å². The molecule has 2 atom stereocenters. The van der Waals surface area contributed by atoms with Crippen LogP contribution in [0.5, 0.6) is 46.0 Å². The summed E-state index contributed by atoms with van der Waals surface area (Å²) in [6.45, 7) is 18.1. The second-order valence-corrected chi connectivity index (χ2v) is 25.6. The van der Waals surface area contributed by atoms with Gasteiger partial charge in [0.05, 0.1) is 58.2 Å². The van der Waals surface area contributed by atoms with Crippen molar-refractivity contribution in [3.8, 4) is 46.0 Å². The summed E-state index contributed by atoms with van der Waals surface area (Å²) in [7, 11) is 0. The summed E-state index contributed by atoms with van der Waals surface area (Å²) in [5.74, 6) is -11.8. The molecule has 0 bridgehead atoms. The van der Waals surface area contributed by atoms with E-state index in [-0.39, 0.29) is 98.9 Å². The van der Waals surface area contributed by atoms with E-state index >= 15 is 45.5 Å². The van der Waals surface area contributed by atoms with Crippen molar-refractivity contribution in [1.29, 1.82) is 0 Å². The van der Waals surface area contributed by atoms with Crippen LogP contribution in [0.3, 0.4) is 0 Å². The van der Waals surface area contributed by atoms with E-state index in [0.717, 1.165) is 24.3 Å². The maximum atomic E-state index is 15.9. The molecular formula is C74H60Cl2F6N4O14. The van der Waals surface area contributed by atoms with Gasteiger partial charge in [-0.15, -0.1) is 0 Å². The van der Waals surface area contributed by atoms with E-state index in [1.165, 1.54) is 0 Å². The van der Waals surface area contributed by atoms with Crippen molar-refractivity contribution in [2.45, 2.75) is 92.7 Å². The van der Waals surface area contributed by atoms with Gasteiger partial charge in [0.1, 0.15) is 71.3 Å². The second-order valence-electron chi connectivity index (χ2n) is 24.7. The summed E-state index contributed by atoms with van der Waals surface area (Å²) in [5.41, 5.74) is 3.17. The smallest absolute Gasteiger partial charge is 0.391 e. The molecule has 2 N–H and O–H groups in total. The zero-order chi connectivity index (χ0) is 72.5. The quantitative estimate of drug-likeness (QED) is 0.0123. The summed E-state index contributed by atoms with van der Waals surface area (Å²) in [4.78, 5) is 117. The van der Waals surface area contributed by atoms with E-state index in [1.807, 2.05) is 24.3 Å². The molecule has 2 unspecified atom stereocenters. The number of alkyl halides is 6. The van der Waals surface area contributed by atoms with E-state index in [0.29, 0.717) is 44.5 Å². The summed E-state index contributed by atoms with van der Waals surface area (Å²) < 4.78 is 129. The number of aryl methyl sites for hydroxylation is 8. The van der Waals surface area contributed by atoms with Gasteiger partial charge in [-0.1, -0.05) is 60.6 Å². The second kappa shape index (κ2) is 27.2. The molecule has 6 amide bonds. The molecule has 516 valence electrons. The van der Waals surface area contributed by atoms with Crippen molar-refractivity contribution < 1.29 is 93.1 Å². The predicted molar refractivity (Wildman–Crippen MR) is 359 cm³/mol. The van der Waals surface area contributed by atoms with E-state index in [4.69, 9.17) is 51.6 Å². The van der Waals surface area contributed by atoms with Crippen LogP contribution in [0.2, 0.25) is 0 Å². The molecule has 2 aliphatic heterocycles. The third-order valence-corrected chi connectivity index (χ3v) is 16.8. The van der Waals surface area contributed by atoms with Crippen molar-refractivity contribution >= 4 is 114 Å². The van der Waals surface area contributed by atoms with Gasteiger partial charge in [-0.2, -0.15) is 26.3 Å². The average molecular weight is 1410 g/mol. The lowest BCUT2D eigenvalue weighted by atomic mass is 9.80. The number of hydrogen-bond donors (Lipinski definition) is 2. The fourth-order valence-electron chi connectivity index (χ4n) is 12.9. The molecule has 0 spiro atoms. The van der Waals surface area contributed by atoms with Crippen molar-refractivity contribution in [2.24, 2.45) is 0 Å². The van der Waals surface area contributed by atoms with Crippen LogP contribution in [0, 0.1) is 55.4 Å². The zero-order valence-corrected chi connectivity index (χ0v) is 56.2. The number of nitrogens with one attached hydrogen (secondary N) is 2. The van der Waals surface area contributed by atoms with Gasteiger partial charge < -0.3 is 39.1 Å². The highest BCUT2D eigenvalue weighted by Gasteiger charge is 2.51. The lowest BCUT2D eigenvalue weighted by Gasteiger charge is -2.35. The summed E-state index contributed by atoms with van der Waals surface area (Å²) in [6, 6.07) is 19.4. The molecule has 18 nitrogen and oxygen atoms in total. The predicted octanol–water partition coefficient (Wildman–Crippen LogP) is 16.0. The van der Waals surface area contributed by atoms with E-state index in [1.54, 1.807) is 104 Å². The number of rotatable bonds is 22. The Balaban J connectivity index is 1.31. The number of carbonyl (C=O) groups excluding carboxylic acids is 8. The number of benzene rings is 9. The first-order valence-corrected chi connectivity index (χ1v) is 31.7. The van der Waals surface area contributed by atoms with Gasteiger partial charge in [-0.25, -0.2) is 9.59 Å². The van der Waals surface area contributed by atoms with Gasteiger partial charge in [-0.3, -0.25) is 38.6 Å². The Labute approximate surface area is 576 Å². The number of fused-ring (bicyclic) bond motifs is 2. The Morgan fingerprint density at radius 3 is 0.830 bits per heavy atom. The number of esters is 2. The summed E-state index contributed by atoms with van der Waals surface area (Å²) in [5, 5.41) is 2.57. The highest BCUT2D eigenvalue weighted by atomic mass is 35.5. The number of nitrogens with zero attached hydrogens (tertiary/aromatic N) is 2. The Hall–Kier alpha value is -10.7. The first-order chi connectivity index (χ1) is 47.0. The molecule has 0 radical (unpaired) electrons. The third kappa shape index (κ3) is 14.3. The lowest BCUT2D eigenvalue weighted by molar-refractivity contribution is -0.166. The Bertz CT molecular complexity index is 4420. The van der Waals surface area contributed by atoms with Crippen LogP contribution >= 0.6 is 23.2 Å². The van der Waals surface area contributed by atoms with E-state index in [2.05, 4.69) is 23.8 Å². The number of amides is 6. The summed E-state index contributed by atoms with van der Waals surface area (Å²) in [6.07, 6.45) is -14.8. The Morgan fingerprint density at radius 1 is 0.390 bits per heavy atom. The minimum atomic E-state index is -5.27. The van der Waals surface area contributed by atoms with E-state index < -0.39 is 143 Å². The van der Waals surface area contributed by atoms with Gasteiger partial charge in [0.2, 0.25) is 0 Å². The number of hydrogen-bond acceptors (Lipinski definition) is 14. The molecule has 9 aromatic carbocycles. The first kappa shape index (κ1) is 70.6. The minimum Gasteiger partial charge on any atom is -0.462 e. The van der Waals surface area contributed by atoms with Crippen molar-refractivity contribution in [2.75, 3.05) is 26.3 Å². The molecule has 2 aliphatic rings. The molecule has 0 fully saturated rings. The maximum absolute atomic E-state index is 15.9. The molecule has 2 heterocycles. The van der Waals surface area contributed by atoms with Crippen LogP contribution in [0.15, 0.2) is 120 Å². The van der Waals surface area contributed by atoms with Crippen molar-refractivity contribution in [3.05, 3.63) is 187 Å². The van der Waals surface area contributed by atoms with Crippen molar-refractivity contribution in [1.82, 2.24) is 20.4 Å². The molecule has 0 saturated heterocycles. The van der Waals surface area contributed by atoms with Crippen LogP contribution in [0.4, 0.5) is 26.3 Å². The number of imide groups is 2. The van der Waals surface area contributed by atoms with Gasteiger partial charge in [0.25, 0.3) is 35.4 Å². The maximum Gasteiger partial charge on any atom is 0.391 e. The highest BCUT2D eigenvalue weighted by molar-refractivity contribution is 6.45. The lowest BCUT2D eigenvalue weighted by Crippen LogP contribution is -2.53. The van der Waals surface area contributed by atoms with Gasteiger partial charge in [0.15, 0.2) is 0 Å². The van der Waals surface area contributed by atoms with Crippen LogP contribution in [0.1, 0.15) is 98.8 Å². The SMILES string of the molecule is C=C(Cl)C(=O)NCCOC(=O)C(CC(F)(F)F)N1C(=O)c2cc(Oc3cc(C)cc(C)c3)c3c4c(Oc5cc(C)cc(C)c5)cc5c6c(cc(Oc7cc(C)cc(C)c7)c(c7c(Oc8cc(C)cc(C)c8)cc(c2c37)C1=O)c64)C(=O)N(C(CC(F)(F)F)C(=O)OCCNC(=O)C(=C)Cl)C5=O. The largest absolute Gasteiger partial charge is 0.462 e. The molecule has 0 aliphatic carbocycles. The number of ether oxygens (including phenoxy) is 6. The first-order valence-electron chi connectivity index (χ1n) is 30.9.